The van der Waals surface area contributed by atoms with Crippen LogP contribution in [-0.4, -0.2) is 60.5 Å². The summed E-state index contributed by atoms with van der Waals surface area (Å²) in [6, 6.07) is 10.1. The highest BCUT2D eigenvalue weighted by atomic mass is 16.1. The Hall–Kier alpha value is -2.91. The Balaban J connectivity index is 1.96. The van der Waals surface area contributed by atoms with E-state index in [-0.39, 0.29) is 12.5 Å². The third-order valence-corrected chi connectivity index (χ3v) is 4.97. The van der Waals surface area contributed by atoms with Crippen LogP contribution in [0.3, 0.4) is 0 Å². The van der Waals surface area contributed by atoms with Crippen molar-refractivity contribution in [1.29, 1.82) is 0 Å². The molecule has 0 aliphatic carbocycles. The first-order valence-corrected chi connectivity index (χ1v) is 9.15. The van der Waals surface area contributed by atoms with Crippen molar-refractivity contribution in [3.05, 3.63) is 42.1 Å². The molecule has 1 aromatic carbocycles. The molecule has 0 spiro atoms. The summed E-state index contributed by atoms with van der Waals surface area (Å²) >= 11 is 0. The number of anilines is 1. The molecule has 27 heavy (non-hydrogen) atoms. The highest BCUT2D eigenvalue weighted by Crippen LogP contribution is 2.26. The minimum atomic E-state index is -0.248. The fourth-order valence-corrected chi connectivity index (χ4v) is 3.31. The van der Waals surface area contributed by atoms with Gasteiger partial charge in [-0.2, -0.15) is 0 Å². The molecule has 0 saturated carbocycles. The second-order valence-corrected chi connectivity index (χ2v) is 6.83. The first-order chi connectivity index (χ1) is 13.1. The van der Waals surface area contributed by atoms with Gasteiger partial charge in [0.05, 0.1) is 6.54 Å². The van der Waals surface area contributed by atoms with E-state index in [0.29, 0.717) is 23.2 Å². The van der Waals surface area contributed by atoms with E-state index in [1.54, 1.807) is 6.20 Å². The van der Waals surface area contributed by atoms with Crippen molar-refractivity contribution in [2.24, 2.45) is 0 Å². The van der Waals surface area contributed by atoms with Crippen LogP contribution >= 0.6 is 0 Å². The van der Waals surface area contributed by atoms with Crippen molar-refractivity contribution in [1.82, 2.24) is 20.2 Å². The van der Waals surface area contributed by atoms with Gasteiger partial charge in [-0.1, -0.05) is 36.3 Å². The molecule has 1 N–H and O–H groups in total. The number of benzene rings is 1. The molecular formula is C21H25N5O. The van der Waals surface area contributed by atoms with Crippen molar-refractivity contribution < 1.29 is 4.79 Å². The SMILES string of the molecule is C#CCNC(=O)c1cnc(-c2ccccc2)nc1N(C)C1CCN(C)CC1. The number of likely N-dealkylation sites (tertiary alicyclic amines) is 1. The van der Waals surface area contributed by atoms with Crippen molar-refractivity contribution in [3.8, 4) is 23.7 Å². The molecule has 140 valence electrons. The van der Waals surface area contributed by atoms with Crippen molar-refractivity contribution >= 4 is 11.7 Å². The first-order valence-electron chi connectivity index (χ1n) is 9.15. The highest BCUT2D eigenvalue weighted by molar-refractivity contribution is 5.99. The van der Waals surface area contributed by atoms with Gasteiger partial charge in [-0.3, -0.25) is 4.79 Å². The van der Waals surface area contributed by atoms with Crippen LogP contribution in [0.25, 0.3) is 11.4 Å². The second-order valence-electron chi connectivity index (χ2n) is 6.83. The van der Waals surface area contributed by atoms with E-state index in [1.165, 1.54) is 0 Å². The van der Waals surface area contributed by atoms with E-state index in [0.717, 1.165) is 31.5 Å². The van der Waals surface area contributed by atoms with Crippen LogP contribution in [0.15, 0.2) is 36.5 Å². The van der Waals surface area contributed by atoms with Crippen molar-refractivity contribution in [3.63, 3.8) is 0 Å². The molecule has 1 amide bonds. The Kier molecular flexibility index (Phi) is 6.05. The Morgan fingerprint density at radius 3 is 2.70 bits per heavy atom. The number of hydrogen-bond donors (Lipinski definition) is 1. The molecule has 0 atom stereocenters. The first kappa shape index (κ1) is 18.9. The molecular weight excluding hydrogens is 338 g/mol. The molecule has 2 heterocycles. The lowest BCUT2D eigenvalue weighted by atomic mass is 10.0. The van der Waals surface area contributed by atoms with Crippen LogP contribution in [0.5, 0.6) is 0 Å². The molecule has 6 nitrogen and oxygen atoms in total. The summed E-state index contributed by atoms with van der Waals surface area (Å²) in [4.78, 5) is 26.2. The van der Waals surface area contributed by atoms with Gasteiger partial charge in [0.15, 0.2) is 5.82 Å². The smallest absolute Gasteiger partial charge is 0.257 e. The maximum absolute atomic E-state index is 12.6. The lowest BCUT2D eigenvalue weighted by Crippen LogP contribution is -2.43. The van der Waals surface area contributed by atoms with Crippen LogP contribution < -0.4 is 10.2 Å². The number of terminal acetylenes is 1. The van der Waals surface area contributed by atoms with Gasteiger partial charge in [0, 0.05) is 24.8 Å². The largest absolute Gasteiger partial charge is 0.356 e. The number of nitrogens with zero attached hydrogens (tertiary/aromatic N) is 4. The molecule has 0 bridgehead atoms. The number of carbonyl (C=O) groups excluding carboxylic acids is 1. The molecule has 6 heteroatoms. The van der Waals surface area contributed by atoms with Gasteiger partial charge in [0.1, 0.15) is 11.4 Å². The van der Waals surface area contributed by atoms with Crippen LogP contribution in [-0.2, 0) is 0 Å². The molecule has 1 aliphatic heterocycles. The molecule has 0 unspecified atom stereocenters. The summed E-state index contributed by atoms with van der Waals surface area (Å²) in [5.41, 5.74) is 1.37. The normalized spacial score (nSPS) is 15.1. The Morgan fingerprint density at radius 1 is 1.33 bits per heavy atom. The number of aromatic nitrogens is 2. The second kappa shape index (κ2) is 8.65. The number of carbonyl (C=O) groups is 1. The quantitative estimate of drug-likeness (QED) is 0.824. The Morgan fingerprint density at radius 2 is 2.04 bits per heavy atom. The number of rotatable bonds is 5. The van der Waals surface area contributed by atoms with Crippen LogP contribution in [0.2, 0.25) is 0 Å². The minimum absolute atomic E-state index is 0.177. The van der Waals surface area contributed by atoms with E-state index < -0.39 is 0 Å². The van der Waals surface area contributed by atoms with Gasteiger partial charge in [-0.05, 0) is 33.0 Å². The van der Waals surface area contributed by atoms with E-state index in [2.05, 4.69) is 33.1 Å². The third-order valence-electron chi connectivity index (χ3n) is 4.97. The van der Waals surface area contributed by atoms with Crippen LogP contribution in [0.4, 0.5) is 5.82 Å². The Labute approximate surface area is 160 Å². The molecule has 2 aromatic rings. The summed E-state index contributed by atoms with van der Waals surface area (Å²) < 4.78 is 0. The van der Waals surface area contributed by atoms with Gasteiger partial charge < -0.3 is 15.1 Å². The van der Waals surface area contributed by atoms with Gasteiger partial charge in [-0.25, -0.2) is 9.97 Å². The van der Waals surface area contributed by atoms with Gasteiger partial charge >= 0.3 is 0 Å². The molecule has 0 radical (unpaired) electrons. The fourth-order valence-electron chi connectivity index (χ4n) is 3.31. The summed E-state index contributed by atoms with van der Waals surface area (Å²) in [5.74, 6) is 3.44. The van der Waals surface area contributed by atoms with Crippen molar-refractivity contribution in [2.75, 3.05) is 38.6 Å². The molecule has 3 rings (SSSR count). The average Bonchev–Trinajstić information content (AvgIpc) is 2.72. The zero-order valence-corrected chi connectivity index (χ0v) is 15.9. The zero-order valence-electron chi connectivity index (χ0n) is 15.9. The number of hydrogen-bond acceptors (Lipinski definition) is 5. The maximum Gasteiger partial charge on any atom is 0.257 e. The van der Waals surface area contributed by atoms with Crippen molar-refractivity contribution in [2.45, 2.75) is 18.9 Å². The predicted octanol–water partition coefficient (Wildman–Crippen LogP) is 2.04. The number of nitrogens with one attached hydrogen (secondary N) is 1. The van der Waals surface area contributed by atoms with E-state index >= 15 is 0 Å². The predicted molar refractivity (Wildman–Crippen MR) is 108 cm³/mol. The molecule has 1 fully saturated rings. The average molecular weight is 363 g/mol. The lowest BCUT2D eigenvalue weighted by Gasteiger charge is -2.36. The summed E-state index contributed by atoms with van der Waals surface area (Å²) in [6.07, 6.45) is 8.93. The van der Waals surface area contributed by atoms with E-state index in [9.17, 15) is 4.79 Å². The minimum Gasteiger partial charge on any atom is -0.356 e. The van der Waals surface area contributed by atoms with E-state index in [1.807, 2.05) is 37.4 Å². The third kappa shape index (κ3) is 4.44. The molecule has 1 saturated heterocycles. The summed E-state index contributed by atoms with van der Waals surface area (Å²) in [6.45, 7) is 2.24. The molecule has 1 aliphatic rings. The summed E-state index contributed by atoms with van der Waals surface area (Å²) in [5, 5.41) is 2.72. The standard InChI is InChI=1S/C21H25N5O/c1-4-12-22-21(27)18-15-23-19(16-8-6-5-7-9-16)24-20(18)26(3)17-10-13-25(2)14-11-17/h1,5-9,15,17H,10-14H2,2-3H3,(H,22,27). The Bertz CT molecular complexity index is 822. The fraction of sp³-hybridized carbons (Fsp3) is 0.381. The van der Waals surface area contributed by atoms with Crippen LogP contribution in [0.1, 0.15) is 23.2 Å². The molecule has 1 aromatic heterocycles. The van der Waals surface area contributed by atoms with Gasteiger partial charge in [-0.15, -0.1) is 6.42 Å². The lowest BCUT2D eigenvalue weighted by molar-refractivity contribution is 0.0958. The monoisotopic (exact) mass is 363 g/mol. The maximum atomic E-state index is 12.6. The highest BCUT2D eigenvalue weighted by Gasteiger charge is 2.26. The van der Waals surface area contributed by atoms with Gasteiger partial charge in [0.25, 0.3) is 5.91 Å². The van der Waals surface area contributed by atoms with Crippen LogP contribution in [0, 0.1) is 12.3 Å². The number of piperidine rings is 1. The number of amides is 1. The topological polar surface area (TPSA) is 61.4 Å². The van der Waals surface area contributed by atoms with E-state index in [4.69, 9.17) is 11.4 Å². The van der Waals surface area contributed by atoms with Gasteiger partial charge in [0.2, 0.25) is 0 Å². The summed E-state index contributed by atoms with van der Waals surface area (Å²) in [7, 11) is 4.14. The zero-order chi connectivity index (χ0) is 19.2.